The molecule has 0 saturated heterocycles. The highest BCUT2D eigenvalue weighted by Crippen LogP contribution is 2.52. The summed E-state index contributed by atoms with van der Waals surface area (Å²) in [5.41, 5.74) is 0.603. The maximum Gasteiger partial charge on any atom is -0.0138 e. The van der Waals surface area contributed by atoms with Crippen LogP contribution >= 0.6 is 0 Å². The number of rotatable bonds is 1. The smallest absolute Gasteiger partial charge is 0.0138 e. The molecule has 0 radical (unpaired) electrons. The molecule has 56 valence electrons. The molecule has 3 unspecified atom stereocenters. The van der Waals surface area contributed by atoms with E-state index in [9.17, 15) is 0 Å². The van der Waals surface area contributed by atoms with Crippen molar-refractivity contribution in [1.82, 2.24) is 0 Å². The zero-order valence-corrected chi connectivity index (χ0v) is 6.93. The summed E-state index contributed by atoms with van der Waals surface area (Å²) in [6.07, 6.45) is 9.14. The van der Waals surface area contributed by atoms with Crippen molar-refractivity contribution < 1.29 is 0 Å². The molecule has 0 aliphatic heterocycles. The molecule has 0 nitrogen and oxygen atoms in total. The first-order chi connectivity index (χ1) is 4.73. The minimum atomic E-state index is 0.603. The second kappa shape index (κ2) is 1.87. The van der Waals surface area contributed by atoms with Gasteiger partial charge < -0.3 is 0 Å². The molecular formula is C10H16. The van der Waals surface area contributed by atoms with Gasteiger partial charge in [0.15, 0.2) is 0 Å². The lowest BCUT2D eigenvalue weighted by atomic mass is 9.85. The van der Waals surface area contributed by atoms with E-state index in [1.807, 2.05) is 0 Å². The van der Waals surface area contributed by atoms with E-state index in [-0.39, 0.29) is 0 Å². The van der Waals surface area contributed by atoms with Gasteiger partial charge in [-0.15, -0.1) is 0 Å². The summed E-state index contributed by atoms with van der Waals surface area (Å²) in [4.78, 5) is 0. The van der Waals surface area contributed by atoms with Crippen molar-refractivity contribution in [3.8, 4) is 0 Å². The van der Waals surface area contributed by atoms with Gasteiger partial charge in [0.05, 0.1) is 0 Å². The monoisotopic (exact) mass is 136 g/mol. The highest BCUT2D eigenvalue weighted by molar-refractivity contribution is 5.16. The van der Waals surface area contributed by atoms with E-state index in [2.05, 4.69) is 26.0 Å². The minimum absolute atomic E-state index is 0.603. The van der Waals surface area contributed by atoms with Crippen LogP contribution in [0.2, 0.25) is 0 Å². The first-order valence-electron chi connectivity index (χ1n) is 4.43. The third-order valence-corrected chi connectivity index (χ3v) is 3.31. The lowest BCUT2D eigenvalue weighted by molar-refractivity contribution is 0.392. The van der Waals surface area contributed by atoms with Crippen LogP contribution in [-0.4, -0.2) is 0 Å². The Balaban J connectivity index is 2.18. The summed E-state index contributed by atoms with van der Waals surface area (Å²) in [7, 11) is 0. The number of hydrogen-bond acceptors (Lipinski definition) is 0. The van der Waals surface area contributed by atoms with Gasteiger partial charge in [-0.25, -0.2) is 0 Å². The van der Waals surface area contributed by atoms with Crippen molar-refractivity contribution in [3.05, 3.63) is 12.2 Å². The van der Waals surface area contributed by atoms with Gasteiger partial charge in [-0.1, -0.05) is 32.4 Å². The van der Waals surface area contributed by atoms with E-state index in [1.165, 1.54) is 19.3 Å². The second-order valence-corrected chi connectivity index (χ2v) is 4.25. The van der Waals surface area contributed by atoms with Crippen LogP contribution in [0.5, 0.6) is 0 Å². The SMILES string of the molecule is CCC1CC2(C)C=CC1C2. The van der Waals surface area contributed by atoms with Gasteiger partial charge in [-0.2, -0.15) is 0 Å². The lowest BCUT2D eigenvalue weighted by Crippen LogP contribution is -2.09. The molecule has 0 N–H and O–H groups in total. The summed E-state index contributed by atoms with van der Waals surface area (Å²) >= 11 is 0. The quantitative estimate of drug-likeness (QED) is 0.486. The van der Waals surface area contributed by atoms with Gasteiger partial charge in [0.1, 0.15) is 0 Å². The van der Waals surface area contributed by atoms with E-state index in [0.717, 1.165) is 11.8 Å². The van der Waals surface area contributed by atoms with Crippen molar-refractivity contribution in [2.75, 3.05) is 0 Å². The van der Waals surface area contributed by atoms with Crippen molar-refractivity contribution >= 4 is 0 Å². The van der Waals surface area contributed by atoms with Crippen LogP contribution in [-0.2, 0) is 0 Å². The molecule has 3 atom stereocenters. The summed E-state index contributed by atoms with van der Waals surface area (Å²) < 4.78 is 0. The maximum atomic E-state index is 2.44. The van der Waals surface area contributed by atoms with Crippen molar-refractivity contribution in [1.29, 1.82) is 0 Å². The molecule has 2 rings (SSSR count). The minimum Gasteiger partial charge on any atom is -0.0846 e. The number of allylic oxidation sites excluding steroid dienone is 2. The van der Waals surface area contributed by atoms with E-state index in [4.69, 9.17) is 0 Å². The number of fused-ring (bicyclic) bond motifs is 2. The Bertz CT molecular complexity index is 169. The average molecular weight is 136 g/mol. The summed E-state index contributed by atoms with van der Waals surface area (Å²) in [6.45, 7) is 4.72. The van der Waals surface area contributed by atoms with E-state index < -0.39 is 0 Å². The third kappa shape index (κ3) is 0.744. The fraction of sp³-hybridized carbons (Fsp3) is 0.800. The van der Waals surface area contributed by atoms with E-state index in [0.29, 0.717) is 5.41 Å². The molecular weight excluding hydrogens is 120 g/mol. The molecule has 2 aliphatic carbocycles. The van der Waals surface area contributed by atoms with Crippen molar-refractivity contribution in [3.63, 3.8) is 0 Å². The standard InChI is InChI=1S/C10H16/c1-3-8-6-10(2)5-4-9(8)7-10/h4-5,8-9H,3,6-7H2,1-2H3. The van der Waals surface area contributed by atoms with Gasteiger partial charge in [0.2, 0.25) is 0 Å². The Morgan fingerprint density at radius 3 is 2.60 bits per heavy atom. The molecule has 0 amide bonds. The topological polar surface area (TPSA) is 0 Å². The van der Waals surface area contributed by atoms with Crippen molar-refractivity contribution in [2.24, 2.45) is 17.3 Å². The average Bonchev–Trinajstić information content (AvgIpc) is 2.41. The first kappa shape index (κ1) is 6.45. The van der Waals surface area contributed by atoms with Crippen LogP contribution in [0.3, 0.4) is 0 Å². The summed E-state index contributed by atoms with van der Waals surface area (Å²) in [5.74, 6) is 1.95. The lowest BCUT2D eigenvalue weighted by Gasteiger charge is -2.20. The molecule has 1 fully saturated rings. The molecule has 0 spiro atoms. The molecule has 2 bridgehead atoms. The van der Waals surface area contributed by atoms with Gasteiger partial charge in [0.25, 0.3) is 0 Å². The molecule has 0 heterocycles. The van der Waals surface area contributed by atoms with Crippen LogP contribution in [0.4, 0.5) is 0 Å². The Morgan fingerprint density at radius 1 is 1.50 bits per heavy atom. The van der Waals surface area contributed by atoms with Gasteiger partial charge in [-0.3, -0.25) is 0 Å². The van der Waals surface area contributed by atoms with E-state index in [1.54, 1.807) is 0 Å². The highest BCUT2D eigenvalue weighted by atomic mass is 14.5. The van der Waals surface area contributed by atoms with Crippen LogP contribution in [0, 0.1) is 17.3 Å². The fourth-order valence-corrected chi connectivity index (χ4v) is 2.70. The highest BCUT2D eigenvalue weighted by Gasteiger charge is 2.42. The van der Waals surface area contributed by atoms with Crippen LogP contribution in [0.1, 0.15) is 33.1 Å². The molecule has 1 saturated carbocycles. The Kier molecular flexibility index (Phi) is 1.21. The number of hydrogen-bond donors (Lipinski definition) is 0. The Morgan fingerprint density at radius 2 is 2.30 bits per heavy atom. The molecule has 10 heavy (non-hydrogen) atoms. The molecule has 0 aromatic rings. The Hall–Kier alpha value is -0.260. The normalized spacial score (nSPS) is 50.6. The maximum absolute atomic E-state index is 2.44. The fourth-order valence-electron chi connectivity index (χ4n) is 2.70. The first-order valence-corrected chi connectivity index (χ1v) is 4.43. The summed E-state index contributed by atoms with van der Waals surface area (Å²) in [5, 5.41) is 0. The van der Waals surface area contributed by atoms with Crippen LogP contribution in [0.15, 0.2) is 12.2 Å². The molecule has 2 aliphatic rings. The molecule has 0 heteroatoms. The summed E-state index contributed by atoms with van der Waals surface area (Å²) in [6, 6.07) is 0. The van der Waals surface area contributed by atoms with E-state index >= 15 is 0 Å². The largest absolute Gasteiger partial charge is 0.0846 e. The zero-order valence-electron chi connectivity index (χ0n) is 6.93. The predicted octanol–water partition coefficient (Wildman–Crippen LogP) is 3.00. The Labute approximate surface area is 63.3 Å². The molecule has 0 aromatic carbocycles. The predicted molar refractivity (Wildman–Crippen MR) is 43.8 cm³/mol. The van der Waals surface area contributed by atoms with Crippen molar-refractivity contribution in [2.45, 2.75) is 33.1 Å². The van der Waals surface area contributed by atoms with Gasteiger partial charge >= 0.3 is 0 Å². The molecule has 0 aromatic heterocycles. The second-order valence-electron chi connectivity index (χ2n) is 4.25. The zero-order chi connectivity index (χ0) is 7.19. The third-order valence-electron chi connectivity index (χ3n) is 3.31. The van der Waals surface area contributed by atoms with Crippen LogP contribution < -0.4 is 0 Å². The van der Waals surface area contributed by atoms with Gasteiger partial charge in [-0.05, 0) is 30.1 Å². The van der Waals surface area contributed by atoms with Gasteiger partial charge in [0, 0.05) is 0 Å². The van der Waals surface area contributed by atoms with Crippen LogP contribution in [0.25, 0.3) is 0 Å².